The predicted octanol–water partition coefficient (Wildman–Crippen LogP) is 2.09. The minimum atomic E-state index is 0.562. The first-order valence-electron chi connectivity index (χ1n) is 10.8. The monoisotopic (exact) mass is 411 g/mol. The molecule has 2 aromatic rings. The van der Waals surface area contributed by atoms with Gasteiger partial charge in [0.05, 0.1) is 19.8 Å². The number of nitrogens with one attached hydrogen (secondary N) is 2. The number of nitrogens with zero attached hydrogens (tertiary/aromatic N) is 3. The fourth-order valence-corrected chi connectivity index (χ4v) is 3.25. The maximum absolute atomic E-state index is 6.07. The van der Waals surface area contributed by atoms with Crippen LogP contribution in [0.4, 0.5) is 0 Å². The zero-order valence-corrected chi connectivity index (χ0v) is 17.8. The molecule has 1 aliphatic rings. The largest absolute Gasteiger partial charge is 0.492 e. The van der Waals surface area contributed by atoms with Crippen LogP contribution in [0.5, 0.6) is 5.75 Å². The van der Waals surface area contributed by atoms with Crippen LogP contribution in [-0.2, 0) is 17.7 Å². The van der Waals surface area contributed by atoms with Crippen LogP contribution in [0.3, 0.4) is 0 Å². The van der Waals surface area contributed by atoms with Gasteiger partial charge >= 0.3 is 0 Å². The highest BCUT2D eigenvalue weighted by Crippen LogP contribution is 2.19. The molecule has 0 unspecified atom stereocenters. The molecule has 2 N–H and O–H groups in total. The van der Waals surface area contributed by atoms with E-state index in [-0.39, 0.29) is 0 Å². The van der Waals surface area contributed by atoms with Crippen LogP contribution in [0.15, 0.2) is 53.7 Å². The van der Waals surface area contributed by atoms with Crippen LogP contribution in [0.2, 0.25) is 0 Å². The Hall–Kier alpha value is -2.64. The third-order valence-corrected chi connectivity index (χ3v) is 4.89. The molecule has 0 radical (unpaired) electrons. The Morgan fingerprint density at radius 1 is 1.13 bits per heavy atom. The lowest BCUT2D eigenvalue weighted by Gasteiger charge is -2.26. The summed E-state index contributed by atoms with van der Waals surface area (Å²) >= 11 is 0. The summed E-state index contributed by atoms with van der Waals surface area (Å²) < 4.78 is 11.5. The first kappa shape index (κ1) is 22.1. The Bertz CT molecular complexity index is 763. The highest BCUT2D eigenvalue weighted by atomic mass is 16.5. The molecule has 1 aromatic heterocycles. The zero-order valence-electron chi connectivity index (χ0n) is 17.8. The van der Waals surface area contributed by atoms with Crippen molar-refractivity contribution in [1.82, 2.24) is 20.5 Å². The van der Waals surface area contributed by atoms with Crippen molar-refractivity contribution >= 4 is 5.96 Å². The van der Waals surface area contributed by atoms with Crippen molar-refractivity contribution < 1.29 is 9.47 Å². The van der Waals surface area contributed by atoms with Crippen molar-refractivity contribution in [2.45, 2.75) is 19.9 Å². The Morgan fingerprint density at radius 3 is 2.77 bits per heavy atom. The molecule has 0 bridgehead atoms. The molecule has 2 heterocycles. The second-order valence-electron chi connectivity index (χ2n) is 7.10. The van der Waals surface area contributed by atoms with Crippen molar-refractivity contribution in [3.8, 4) is 5.75 Å². The minimum absolute atomic E-state index is 0.562. The molecule has 0 aliphatic carbocycles. The van der Waals surface area contributed by atoms with Crippen LogP contribution in [0.1, 0.15) is 18.2 Å². The predicted molar refractivity (Wildman–Crippen MR) is 120 cm³/mol. The molecule has 7 heteroatoms. The lowest BCUT2D eigenvalue weighted by Crippen LogP contribution is -2.38. The summed E-state index contributed by atoms with van der Waals surface area (Å²) in [5.74, 6) is 1.70. The van der Waals surface area contributed by atoms with Crippen molar-refractivity contribution in [2.24, 2.45) is 4.99 Å². The second kappa shape index (κ2) is 12.8. The van der Waals surface area contributed by atoms with Gasteiger partial charge in [-0.15, -0.1) is 0 Å². The average molecular weight is 412 g/mol. The molecular weight excluding hydrogens is 378 g/mol. The number of aromatic nitrogens is 1. The van der Waals surface area contributed by atoms with Crippen LogP contribution >= 0.6 is 0 Å². The number of ether oxygens (including phenoxy) is 2. The summed E-state index contributed by atoms with van der Waals surface area (Å²) in [6, 6.07) is 14.1. The number of aliphatic imine (C=N–C) groups is 1. The molecule has 0 atom stereocenters. The number of hydrogen-bond donors (Lipinski definition) is 2. The third kappa shape index (κ3) is 7.65. The number of para-hydroxylation sites is 1. The molecule has 0 saturated carbocycles. The molecule has 1 fully saturated rings. The number of benzene rings is 1. The van der Waals surface area contributed by atoms with Crippen LogP contribution in [0.25, 0.3) is 0 Å². The number of hydrogen-bond acceptors (Lipinski definition) is 5. The van der Waals surface area contributed by atoms with Crippen LogP contribution < -0.4 is 15.4 Å². The zero-order chi connectivity index (χ0) is 20.9. The van der Waals surface area contributed by atoms with Gasteiger partial charge in [0.1, 0.15) is 12.4 Å². The van der Waals surface area contributed by atoms with Gasteiger partial charge in [0.15, 0.2) is 5.96 Å². The Labute approximate surface area is 179 Å². The number of pyridine rings is 1. The Kier molecular flexibility index (Phi) is 9.43. The lowest BCUT2D eigenvalue weighted by molar-refractivity contribution is 0.0322. The number of rotatable bonds is 10. The minimum Gasteiger partial charge on any atom is -0.492 e. The van der Waals surface area contributed by atoms with E-state index in [1.165, 1.54) is 0 Å². The van der Waals surface area contributed by atoms with Gasteiger partial charge in [0.2, 0.25) is 0 Å². The summed E-state index contributed by atoms with van der Waals surface area (Å²) in [7, 11) is 0. The molecule has 1 aliphatic heterocycles. The molecule has 0 amide bonds. The topological polar surface area (TPSA) is 71.0 Å². The van der Waals surface area contributed by atoms with Crippen LogP contribution in [0, 0.1) is 0 Å². The molecule has 3 rings (SSSR count). The van der Waals surface area contributed by atoms with Gasteiger partial charge in [0.25, 0.3) is 0 Å². The van der Waals surface area contributed by atoms with Gasteiger partial charge in [-0.05, 0) is 25.1 Å². The summed E-state index contributed by atoms with van der Waals surface area (Å²) in [5, 5.41) is 6.69. The maximum Gasteiger partial charge on any atom is 0.191 e. The molecule has 162 valence electrons. The van der Waals surface area contributed by atoms with Gasteiger partial charge < -0.3 is 20.1 Å². The summed E-state index contributed by atoms with van der Waals surface area (Å²) in [5.41, 5.74) is 2.15. The van der Waals surface area contributed by atoms with E-state index in [2.05, 4.69) is 33.5 Å². The van der Waals surface area contributed by atoms with E-state index < -0.39 is 0 Å². The standard InChI is InChI=1S/C23H33N5O2/c1-2-24-23(26-12-10-21-8-5-6-11-25-21)27-19-20-7-3-4-9-22(20)30-18-15-28-13-16-29-17-14-28/h3-9,11H,2,10,12-19H2,1H3,(H2,24,26,27). The third-order valence-electron chi connectivity index (χ3n) is 4.89. The Morgan fingerprint density at radius 2 is 1.97 bits per heavy atom. The second-order valence-corrected chi connectivity index (χ2v) is 7.10. The fraction of sp³-hybridized carbons (Fsp3) is 0.478. The van der Waals surface area contributed by atoms with Crippen LogP contribution in [-0.4, -0.2) is 68.4 Å². The van der Waals surface area contributed by atoms with E-state index in [1.807, 2.05) is 42.6 Å². The van der Waals surface area contributed by atoms with E-state index in [0.717, 1.165) is 75.3 Å². The quantitative estimate of drug-likeness (QED) is 0.461. The lowest BCUT2D eigenvalue weighted by atomic mass is 10.2. The summed E-state index contributed by atoms with van der Waals surface area (Å²) in [4.78, 5) is 11.5. The Balaban J connectivity index is 1.50. The van der Waals surface area contributed by atoms with Gasteiger partial charge in [0, 0.05) is 56.6 Å². The van der Waals surface area contributed by atoms with Gasteiger partial charge in [-0.2, -0.15) is 0 Å². The highest BCUT2D eigenvalue weighted by molar-refractivity contribution is 5.79. The van der Waals surface area contributed by atoms with Gasteiger partial charge in [-0.3, -0.25) is 9.88 Å². The smallest absolute Gasteiger partial charge is 0.191 e. The van der Waals surface area contributed by atoms with Crippen molar-refractivity contribution in [2.75, 3.05) is 52.5 Å². The van der Waals surface area contributed by atoms with E-state index in [4.69, 9.17) is 14.5 Å². The number of guanidine groups is 1. The molecule has 30 heavy (non-hydrogen) atoms. The summed E-state index contributed by atoms with van der Waals surface area (Å²) in [6.45, 7) is 9.38. The van der Waals surface area contributed by atoms with Crippen molar-refractivity contribution in [3.63, 3.8) is 0 Å². The first-order chi connectivity index (χ1) is 14.8. The highest BCUT2D eigenvalue weighted by Gasteiger charge is 2.10. The molecule has 1 aromatic carbocycles. The first-order valence-corrected chi connectivity index (χ1v) is 10.8. The summed E-state index contributed by atoms with van der Waals surface area (Å²) in [6.07, 6.45) is 2.68. The van der Waals surface area contributed by atoms with Gasteiger partial charge in [-0.1, -0.05) is 24.3 Å². The molecule has 0 spiro atoms. The molecule has 1 saturated heterocycles. The van der Waals surface area contributed by atoms with Crippen molar-refractivity contribution in [1.29, 1.82) is 0 Å². The van der Waals surface area contributed by atoms with E-state index in [0.29, 0.717) is 13.2 Å². The SMILES string of the molecule is CCNC(=NCc1ccccc1OCCN1CCOCC1)NCCc1ccccn1. The maximum atomic E-state index is 6.07. The van der Waals surface area contributed by atoms with Gasteiger partial charge in [-0.25, -0.2) is 4.99 Å². The normalized spacial score (nSPS) is 15.0. The average Bonchev–Trinajstić information content (AvgIpc) is 2.80. The number of morpholine rings is 1. The van der Waals surface area contributed by atoms with E-state index in [1.54, 1.807) is 0 Å². The molecular formula is C23H33N5O2. The molecule has 7 nitrogen and oxygen atoms in total. The van der Waals surface area contributed by atoms with Crippen molar-refractivity contribution in [3.05, 3.63) is 59.9 Å². The van der Waals surface area contributed by atoms with E-state index >= 15 is 0 Å². The fourth-order valence-electron chi connectivity index (χ4n) is 3.25. The van der Waals surface area contributed by atoms with E-state index in [9.17, 15) is 0 Å².